The van der Waals surface area contributed by atoms with Crippen LogP contribution >= 0.6 is 34.5 Å². The number of halogens is 2. The number of anilines is 2. The van der Waals surface area contributed by atoms with Crippen molar-refractivity contribution in [2.24, 2.45) is 0 Å². The Labute approximate surface area is 157 Å². The summed E-state index contributed by atoms with van der Waals surface area (Å²) in [6.07, 6.45) is 1.61. The molecule has 0 aliphatic carbocycles. The highest BCUT2D eigenvalue weighted by atomic mass is 35.5. The van der Waals surface area contributed by atoms with E-state index in [2.05, 4.69) is 15.6 Å². The highest BCUT2D eigenvalue weighted by Gasteiger charge is 2.12. The van der Waals surface area contributed by atoms with Gasteiger partial charge in [-0.05, 0) is 42.5 Å². The quantitative estimate of drug-likeness (QED) is 0.660. The van der Waals surface area contributed by atoms with Crippen molar-refractivity contribution < 1.29 is 9.59 Å². The molecule has 126 valence electrons. The van der Waals surface area contributed by atoms with Crippen LogP contribution in [-0.4, -0.2) is 16.8 Å². The van der Waals surface area contributed by atoms with Gasteiger partial charge in [-0.15, -0.1) is 11.3 Å². The zero-order chi connectivity index (χ0) is 17.8. The van der Waals surface area contributed by atoms with Crippen LogP contribution in [0.5, 0.6) is 0 Å². The fourth-order valence-electron chi connectivity index (χ4n) is 2.03. The lowest BCUT2D eigenvalue weighted by Crippen LogP contribution is -2.14. The Hall–Kier alpha value is -2.41. The molecule has 2 aromatic carbocycles. The molecule has 0 bridgehead atoms. The van der Waals surface area contributed by atoms with Gasteiger partial charge in [-0.2, -0.15) is 0 Å². The minimum absolute atomic E-state index is 0.268. The van der Waals surface area contributed by atoms with Gasteiger partial charge in [0.2, 0.25) is 0 Å². The first-order chi connectivity index (χ1) is 12.0. The Morgan fingerprint density at radius 1 is 0.960 bits per heavy atom. The van der Waals surface area contributed by atoms with Crippen LogP contribution in [0.25, 0.3) is 0 Å². The van der Waals surface area contributed by atoms with Gasteiger partial charge in [0, 0.05) is 27.9 Å². The number of amides is 2. The van der Waals surface area contributed by atoms with E-state index in [4.69, 9.17) is 23.2 Å². The lowest BCUT2D eigenvalue weighted by atomic mass is 10.1. The Balaban J connectivity index is 1.68. The van der Waals surface area contributed by atoms with E-state index in [-0.39, 0.29) is 16.8 Å². The highest BCUT2D eigenvalue weighted by Crippen LogP contribution is 2.22. The number of benzene rings is 2. The molecule has 0 unspecified atom stereocenters. The molecule has 0 saturated heterocycles. The summed E-state index contributed by atoms with van der Waals surface area (Å²) in [6.45, 7) is 0. The largest absolute Gasteiger partial charge is 0.322 e. The minimum atomic E-state index is -0.360. The number of thiazole rings is 1. The van der Waals surface area contributed by atoms with Crippen LogP contribution in [0.4, 0.5) is 10.8 Å². The predicted octanol–water partition coefficient (Wildman–Crippen LogP) is 4.95. The molecule has 3 rings (SSSR count). The van der Waals surface area contributed by atoms with E-state index >= 15 is 0 Å². The number of aromatic nitrogens is 1. The molecule has 0 aliphatic rings. The number of carbonyl (C=O) groups excluding carboxylic acids is 2. The molecule has 1 heterocycles. The van der Waals surface area contributed by atoms with Crippen molar-refractivity contribution in [1.29, 1.82) is 0 Å². The second-order valence-corrected chi connectivity index (χ2v) is 6.69. The van der Waals surface area contributed by atoms with Gasteiger partial charge in [0.15, 0.2) is 5.13 Å². The zero-order valence-electron chi connectivity index (χ0n) is 12.6. The number of hydrogen-bond acceptors (Lipinski definition) is 4. The maximum atomic E-state index is 12.3. The predicted molar refractivity (Wildman–Crippen MR) is 101 cm³/mol. The van der Waals surface area contributed by atoms with Gasteiger partial charge < -0.3 is 5.32 Å². The molecule has 0 aliphatic heterocycles. The molecule has 1 aromatic heterocycles. The first kappa shape index (κ1) is 17.4. The van der Waals surface area contributed by atoms with E-state index < -0.39 is 0 Å². The summed E-state index contributed by atoms with van der Waals surface area (Å²) in [7, 11) is 0. The van der Waals surface area contributed by atoms with Gasteiger partial charge in [0.25, 0.3) is 11.8 Å². The van der Waals surface area contributed by atoms with Crippen molar-refractivity contribution in [3.05, 3.63) is 75.2 Å². The summed E-state index contributed by atoms with van der Waals surface area (Å²) >= 11 is 13.2. The number of rotatable bonds is 4. The molecule has 8 heteroatoms. The fraction of sp³-hybridized carbons (Fsp3) is 0. The first-order valence-corrected chi connectivity index (χ1v) is 8.74. The van der Waals surface area contributed by atoms with Crippen molar-refractivity contribution >= 4 is 57.2 Å². The maximum absolute atomic E-state index is 12.3. The molecule has 2 N–H and O–H groups in total. The summed E-state index contributed by atoms with van der Waals surface area (Å²) in [4.78, 5) is 28.3. The molecule has 0 fully saturated rings. The van der Waals surface area contributed by atoms with Gasteiger partial charge in [0.1, 0.15) is 0 Å². The number of nitrogens with one attached hydrogen (secondary N) is 2. The third-order valence-corrected chi connectivity index (χ3v) is 4.47. The monoisotopic (exact) mass is 391 g/mol. The van der Waals surface area contributed by atoms with Crippen LogP contribution < -0.4 is 10.6 Å². The molecule has 2 amide bonds. The van der Waals surface area contributed by atoms with Crippen LogP contribution in [0.3, 0.4) is 0 Å². The molecule has 25 heavy (non-hydrogen) atoms. The third-order valence-electron chi connectivity index (χ3n) is 3.23. The third kappa shape index (κ3) is 4.36. The molecule has 0 radical (unpaired) electrons. The summed E-state index contributed by atoms with van der Waals surface area (Å²) < 4.78 is 0. The Morgan fingerprint density at radius 3 is 2.36 bits per heavy atom. The molecular weight excluding hydrogens is 381 g/mol. The average molecular weight is 392 g/mol. The molecule has 0 spiro atoms. The normalized spacial score (nSPS) is 10.3. The topological polar surface area (TPSA) is 71.1 Å². The molecule has 0 saturated carbocycles. The van der Waals surface area contributed by atoms with E-state index in [0.29, 0.717) is 27.0 Å². The Bertz CT molecular complexity index is 912. The summed E-state index contributed by atoms with van der Waals surface area (Å²) in [5, 5.41) is 8.44. The van der Waals surface area contributed by atoms with E-state index in [9.17, 15) is 9.59 Å². The van der Waals surface area contributed by atoms with Gasteiger partial charge in [0.05, 0.1) is 10.6 Å². The fourth-order valence-corrected chi connectivity index (χ4v) is 3.05. The second kappa shape index (κ2) is 7.65. The highest BCUT2D eigenvalue weighted by molar-refractivity contribution is 7.13. The Kier molecular flexibility index (Phi) is 5.33. The van der Waals surface area contributed by atoms with Gasteiger partial charge in [-0.1, -0.05) is 23.2 Å². The smallest absolute Gasteiger partial charge is 0.257 e. The van der Waals surface area contributed by atoms with Crippen molar-refractivity contribution in [1.82, 2.24) is 4.98 Å². The molecular formula is C17H11Cl2N3O2S. The van der Waals surface area contributed by atoms with E-state index in [1.54, 1.807) is 48.0 Å². The van der Waals surface area contributed by atoms with Crippen molar-refractivity contribution in [2.45, 2.75) is 0 Å². The van der Waals surface area contributed by atoms with Crippen LogP contribution in [0, 0.1) is 0 Å². The van der Waals surface area contributed by atoms with Crippen molar-refractivity contribution in [3.63, 3.8) is 0 Å². The zero-order valence-corrected chi connectivity index (χ0v) is 15.0. The number of hydrogen-bond donors (Lipinski definition) is 2. The standard InChI is InChI=1S/C17H11Cl2N3O2S/c18-11-3-6-13(14(19)9-11)16(24)21-12-4-1-10(2-5-12)15(23)22-17-20-7-8-25-17/h1-9H,(H,21,24)(H,20,22,23). The van der Waals surface area contributed by atoms with Crippen molar-refractivity contribution in [2.75, 3.05) is 10.6 Å². The van der Waals surface area contributed by atoms with Crippen molar-refractivity contribution in [3.8, 4) is 0 Å². The van der Waals surface area contributed by atoms with Crippen LogP contribution in [0.1, 0.15) is 20.7 Å². The summed E-state index contributed by atoms with van der Waals surface area (Å²) in [5.41, 5.74) is 1.32. The van der Waals surface area contributed by atoms with E-state index in [1.807, 2.05) is 0 Å². The summed E-state index contributed by atoms with van der Waals surface area (Å²) in [5.74, 6) is -0.629. The summed E-state index contributed by atoms with van der Waals surface area (Å²) in [6, 6.07) is 11.1. The van der Waals surface area contributed by atoms with Crippen LogP contribution in [0.2, 0.25) is 10.0 Å². The number of carbonyl (C=O) groups is 2. The second-order valence-electron chi connectivity index (χ2n) is 4.95. The average Bonchev–Trinajstić information content (AvgIpc) is 3.08. The van der Waals surface area contributed by atoms with E-state index in [0.717, 1.165) is 0 Å². The Morgan fingerprint density at radius 2 is 1.72 bits per heavy atom. The maximum Gasteiger partial charge on any atom is 0.257 e. The lowest BCUT2D eigenvalue weighted by molar-refractivity contribution is 0.102. The van der Waals surface area contributed by atoms with Gasteiger partial charge >= 0.3 is 0 Å². The minimum Gasteiger partial charge on any atom is -0.322 e. The number of nitrogens with zero attached hydrogens (tertiary/aromatic N) is 1. The lowest BCUT2D eigenvalue weighted by Gasteiger charge is -2.08. The van der Waals surface area contributed by atoms with E-state index in [1.165, 1.54) is 17.4 Å². The van der Waals surface area contributed by atoms with Gasteiger partial charge in [-0.25, -0.2) is 4.98 Å². The molecule has 5 nitrogen and oxygen atoms in total. The van der Waals surface area contributed by atoms with Gasteiger partial charge in [-0.3, -0.25) is 14.9 Å². The molecule has 0 atom stereocenters. The SMILES string of the molecule is O=C(Nc1nccs1)c1ccc(NC(=O)c2ccc(Cl)cc2Cl)cc1. The first-order valence-electron chi connectivity index (χ1n) is 7.10. The van der Waals surface area contributed by atoms with Crippen LogP contribution in [-0.2, 0) is 0 Å². The molecule has 3 aromatic rings. The van der Waals surface area contributed by atoms with Crippen LogP contribution in [0.15, 0.2) is 54.0 Å².